The second-order valence-electron chi connectivity index (χ2n) is 6.48. The monoisotopic (exact) mass is 385 g/mol. The molecule has 2 rings (SSSR count). The van der Waals surface area contributed by atoms with E-state index in [2.05, 4.69) is 21.9 Å². The largest absolute Gasteiger partial charge is 0.382 e. The molecule has 0 aliphatic rings. The number of hydrogen-bond acceptors (Lipinski definition) is 7. The van der Waals surface area contributed by atoms with Gasteiger partial charge in [0.05, 0.1) is 25.1 Å². The van der Waals surface area contributed by atoms with Crippen molar-refractivity contribution in [3.8, 4) is 0 Å². The first kappa shape index (κ1) is 20.8. The van der Waals surface area contributed by atoms with Crippen LogP contribution in [0, 0.1) is 0 Å². The molecule has 2 aromatic heterocycles. The zero-order chi connectivity index (χ0) is 19.2. The fraction of sp³-hybridized carbons (Fsp3) is 0.688. The van der Waals surface area contributed by atoms with Crippen LogP contribution in [0.4, 0.5) is 5.82 Å². The van der Waals surface area contributed by atoms with Gasteiger partial charge in [0, 0.05) is 0 Å². The first-order valence-electron chi connectivity index (χ1n) is 8.85. The lowest BCUT2D eigenvalue weighted by Gasteiger charge is -2.20. The normalized spacial score (nSPS) is 16.5. The third-order valence-electron chi connectivity index (χ3n) is 3.96. The average Bonchev–Trinajstić information content (AvgIpc) is 2.97. The smallest absolute Gasteiger partial charge is 0.353 e. The Balaban J connectivity index is 1.84. The van der Waals surface area contributed by atoms with E-state index in [0.29, 0.717) is 23.5 Å². The number of ether oxygens (including phenoxy) is 1. The Bertz CT molecular complexity index is 753. The first-order chi connectivity index (χ1) is 12.3. The molecule has 0 radical (unpaired) electrons. The van der Waals surface area contributed by atoms with E-state index in [1.807, 2.05) is 6.92 Å². The van der Waals surface area contributed by atoms with Crippen LogP contribution >= 0.6 is 7.60 Å². The van der Waals surface area contributed by atoms with Gasteiger partial charge in [-0.3, -0.25) is 4.57 Å². The Labute approximate surface area is 153 Å². The molecule has 0 spiro atoms. The Morgan fingerprint density at radius 2 is 2.04 bits per heavy atom. The Hall–Kier alpha value is -1.54. The molecule has 0 saturated heterocycles. The molecule has 0 fully saturated rings. The van der Waals surface area contributed by atoms with Gasteiger partial charge in [-0.25, -0.2) is 15.0 Å². The van der Waals surface area contributed by atoms with Crippen LogP contribution in [0.3, 0.4) is 0 Å². The van der Waals surface area contributed by atoms with Crippen LogP contribution in [0.5, 0.6) is 0 Å². The number of unbranched alkanes of at least 4 members (excludes halogenated alkanes) is 2. The summed E-state index contributed by atoms with van der Waals surface area (Å²) < 4.78 is 24.8. The van der Waals surface area contributed by atoms with Gasteiger partial charge in [0.25, 0.3) is 0 Å². The first-order valence-corrected chi connectivity index (χ1v) is 10.6. The van der Waals surface area contributed by atoms with E-state index < -0.39 is 7.60 Å². The van der Waals surface area contributed by atoms with Gasteiger partial charge in [0.2, 0.25) is 0 Å². The van der Waals surface area contributed by atoms with Gasteiger partial charge in [-0.1, -0.05) is 26.2 Å². The van der Waals surface area contributed by atoms with E-state index in [4.69, 9.17) is 15.0 Å². The minimum absolute atomic E-state index is 0.270. The number of fused-ring (bicyclic) bond motifs is 1. The van der Waals surface area contributed by atoms with Gasteiger partial charge in [-0.2, -0.15) is 0 Å². The highest BCUT2D eigenvalue weighted by Gasteiger charge is 2.24. The zero-order valence-electron chi connectivity index (χ0n) is 15.5. The third-order valence-corrected chi connectivity index (χ3v) is 5.13. The second kappa shape index (κ2) is 9.41. The summed E-state index contributed by atoms with van der Waals surface area (Å²) in [7, 11) is -3.79. The molecular weight excluding hydrogens is 357 g/mol. The molecule has 0 aromatic carbocycles. The molecule has 0 aliphatic carbocycles. The molecule has 0 bridgehead atoms. The maximum Gasteiger partial charge on any atom is 0.353 e. The van der Waals surface area contributed by atoms with Crippen molar-refractivity contribution in [3.63, 3.8) is 0 Å². The highest BCUT2D eigenvalue weighted by Crippen LogP contribution is 2.44. The fourth-order valence-electron chi connectivity index (χ4n) is 2.63. The van der Waals surface area contributed by atoms with E-state index in [9.17, 15) is 9.46 Å². The lowest BCUT2D eigenvalue weighted by atomic mass is 10.1. The summed E-state index contributed by atoms with van der Waals surface area (Å²) in [4.78, 5) is 22.2. The molecule has 9 nitrogen and oxygen atoms in total. The van der Waals surface area contributed by atoms with E-state index in [1.165, 1.54) is 6.33 Å². The molecular formula is C16H28N5O4P. The number of hydrogen-bond donors (Lipinski definition) is 2. The molecule has 146 valence electrons. The molecule has 0 amide bonds. The minimum Gasteiger partial charge on any atom is -0.382 e. The van der Waals surface area contributed by atoms with Crippen LogP contribution in [0.1, 0.15) is 46.5 Å². The summed E-state index contributed by atoms with van der Waals surface area (Å²) in [6.07, 6.45) is 5.95. The Morgan fingerprint density at radius 3 is 2.77 bits per heavy atom. The highest BCUT2D eigenvalue weighted by atomic mass is 31.2. The number of anilines is 1. The van der Waals surface area contributed by atoms with Crippen molar-refractivity contribution in [3.05, 3.63) is 12.7 Å². The van der Waals surface area contributed by atoms with Crippen LogP contribution < -0.4 is 5.73 Å². The summed E-state index contributed by atoms with van der Waals surface area (Å²) >= 11 is 0. The van der Waals surface area contributed by atoms with Crippen molar-refractivity contribution < 1.29 is 18.7 Å². The molecule has 2 unspecified atom stereocenters. The number of nitrogen functional groups attached to an aromatic ring is 1. The standard InChI is InChI=1S/C16H28N5O4P/c1-4-5-6-7-12(2)25-26(22,23)11-24-13(3)8-21-10-20-14-15(17)18-9-19-16(14)21/h9-10,12-13H,4-8,11H2,1-3H3,(H,22,23)(H2,17,18,19)/t12?,13-/m1/s1. The van der Waals surface area contributed by atoms with Gasteiger partial charge < -0.3 is 24.5 Å². The molecule has 0 aliphatic heterocycles. The summed E-state index contributed by atoms with van der Waals surface area (Å²) in [6.45, 7) is 6.14. The highest BCUT2D eigenvalue weighted by molar-refractivity contribution is 7.52. The number of aromatic nitrogens is 4. The van der Waals surface area contributed by atoms with Crippen molar-refractivity contribution >= 4 is 24.6 Å². The molecule has 3 atom stereocenters. The Morgan fingerprint density at radius 1 is 1.27 bits per heavy atom. The average molecular weight is 385 g/mol. The molecule has 3 N–H and O–H groups in total. The van der Waals surface area contributed by atoms with Crippen molar-refractivity contribution in [2.45, 2.75) is 65.2 Å². The number of nitrogens with zero attached hydrogens (tertiary/aromatic N) is 4. The van der Waals surface area contributed by atoms with Crippen molar-refractivity contribution in [2.24, 2.45) is 0 Å². The lowest BCUT2D eigenvalue weighted by Crippen LogP contribution is -2.18. The Kier molecular flexibility index (Phi) is 7.52. The summed E-state index contributed by atoms with van der Waals surface area (Å²) in [5.74, 6) is 0.313. The summed E-state index contributed by atoms with van der Waals surface area (Å²) in [5, 5.41) is 0. The van der Waals surface area contributed by atoms with Crippen molar-refractivity contribution in [1.82, 2.24) is 19.5 Å². The van der Waals surface area contributed by atoms with E-state index >= 15 is 0 Å². The zero-order valence-corrected chi connectivity index (χ0v) is 16.4. The van der Waals surface area contributed by atoms with Gasteiger partial charge in [0.1, 0.15) is 18.2 Å². The second-order valence-corrected chi connectivity index (χ2v) is 8.23. The van der Waals surface area contributed by atoms with Crippen LogP contribution in [-0.2, 0) is 20.4 Å². The van der Waals surface area contributed by atoms with Gasteiger partial charge in [-0.15, -0.1) is 0 Å². The molecule has 2 heterocycles. The van der Waals surface area contributed by atoms with E-state index in [0.717, 1.165) is 25.7 Å². The van der Waals surface area contributed by atoms with Crippen LogP contribution in [-0.4, -0.2) is 43.0 Å². The SMILES string of the molecule is CCCCCC(C)OP(=O)(O)CO[C@H](C)Cn1cnc2c(N)ncnc21. The molecule has 0 saturated carbocycles. The third kappa shape index (κ3) is 6.02. The lowest BCUT2D eigenvalue weighted by molar-refractivity contribution is 0.0653. The maximum absolute atomic E-state index is 12.2. The molecule has 26 heavy (non-hydrogen) atoms. The predicted molar refractivity (Wildman–Crippen MR) is 99.7 cm³/mol. The predicted octanol–water partition coefficient (Wildman–Crippen LogP) is 2.94. The minimum atomic E-state index is -3.79. The van der Waals surface area contributed by atoms with E-state index in [1.54, 1.807) is 17.8 Å². The summed E-state index contributed by atoms with van der Waals surface area (Å²) in [6, 6.07) is 0. The molecule has 2 aromatic rings. The van der Waals surface area contributed by atoms with Crippen LogP contribution in [0.15, 0.2) is 12.7 Å². The van der Waals surface area contributed by atoms with Crippen molar-refractivity contribution in [2.75, 3.05) is 12.1 Å². The van der Waals surface area contributed by atoms with Crippen LogP contribution in [0.25, 0.3) is 11.2 Å². The van der Waals surface area contributed by atoms with Gasteiger partial charge in [0.15, 0.2) is 11.5 Å². The fourth-order valence-corrected chi connectivity index (χ4v) is 3.80. The number of rotatable bonds is 11. The topological polar surface area (TPSA) is 125 Å². The molecule has 10 heteroatoms. The van der Waals surface area contributed by atoms with E-state index in [-0.39, 0.29) is 18.6 Å². The van der Waals surface area contributed by atoms with Crippen molar-refractivity contribution in [1.29, 1.82) is 0 Å². The van der Waals surface area contributed by atoms with Crippen LogP contribution in [0.2, 0.25) is 0 Å². The quantitative estimate of drug-likeness (QED) is 0.447. The number of imidazole rings is 1. The summed E-state index contributed by atoms with van der Waals surface area (Å²) in [5.41, 5.74) is 6.88. The maximum atomic E-state index is 12.2. The number of nitrogens with two attached hydrogens (primary N) is 1. The van der Waals surface area contributed by atoms with Gasteiger partial charge in [-0.05, 0) is 20.3 Å². The van der Waals surface area contributed by atoms with Gasteiger partial charge >= 0.3 is 7.60 Å².